The zero-order valence-corrected chi connectivity index (χ0v) is 12.5. The van der Waals surface area contributed by atoms with Crippen LogP contribution in [0.25, 0.3) is 0 Å². The maximum atomic E-state index is 8.84. The Kier molecular flexibility index (Phi) is 4.16. The molecule has 0 heterocycles. The van der Waals surface area contributed by atoms with Crippen molar-refractivity contribution in [1.29, 1.82) is 5.26 Å². The van der Waals surface area contributed by atoms with Gasteiger partial charge in [0.25, 0.3) is 0 Å². The third-order valence-corrected chi connectivity index (χ3v) is 3.38. The molecule has 0 aliphatic carbocycles. The van der Waals surface area contributed by atoms with E-state index in [4.69, 9.17) is 16.9 Å². The van der Waals surface area contributed by atoms with Gasteiger partial charge in [-0.05, 0) is 42.8 Å². The van der Waals surface area contributed by atoms with Crippen LogP contribution in [0.1, 0.15) is 11.1 Å². The fraction of sp³-hybridized carbons (Fsp3) is 0.188. The first kappa shape index (κ1) is 14.2. The van der Waals surface area contributed by atoms with Crippen molar-refractivity contribution in [2.24, 2.45) is 0 Å². The summed E-state index contributed by atoms with van der Waals surface area (Å²) in [6.45, 7) is 2.08. The second-order valence-electron chi connectivity index (χ2n) is 4.83. The number of nitrogens with one attached hydrogen (secondary N) is 1. The summed E-state index contributed by atoms with van der Waals surface area (Å²) in [4.78, 5) is 2.07. The molecule has 0 radical (unpaired) electrons. The van der Waals surface area contributed by atoms with E-state index >= 15 is 0 Å². The van der Waals surface area contributed by atoms with E-state index in [1.165, 1.54) is 5.56 Å². The molecule has 0 saturated heterocycles. The van der Waals surface area contributed by atoms with Gasteiger partial charge in [0.2, 0.25) is 0 Å². The Hall–Kier alpha value is -2.18. The first-order chi connectivity index (χ1) is 9.51. The van der Waals surface area contributed by atoms with Gasteiger partial charge in [0.05, 0.1) is 22.3 Å². The van der Waals surface area contributed by atoms with Crippen molar-refractivity contribution >= 4 is 28.7 Å². The van der Waals surface area contributed by atoms with Gasteiger partial charge in [-0.15, -0.1) is 0 Å². The Morgan fingerprint density at radius 3 is 2.50 bits per heavy atom. The number of nitriles is 1. The number of hydrogen-bond acceptors (Lipinski definition) is 3. The molecule has 0 fully saturated rings. The van der Waals surface area contributed by atoms with Gasteiger partial charge in [-0.25, -0.2) is 0 Å². The number of anilines is 3. The number of nitrogens with zero attached hydrogens (tertiary/aromatic N) is 2. The topological polar surface area (TPSA) is 39.1 Å². The van der Waals surface area contributed by atoms with Crippen molar-refractivity contribution in [2.45, 2.75) is 6.92 Å². The lowest BCUT2D eigenvalue weighted by Gasteiger charge is -2.18. The molecule has 0 saturated carbocycles. The number of rotatable bonds is 3. The summed E-state index contributed by atoms with van der Waals surface area (Å²) >= 11 is 6.17. The second-order valence-corrected chi connectivity index (χ2v) is 5.23. The van der Waals surface area contributed by atoms with Gasteiger partial charge in [0.1, 0.15) is 0 Å². The number of aryl methyl sites for hydroxylation is 1. The summed E-state index contributed by atoms with van der Waals surface area (Å²) in [6, 6.07) is 13.4. The first-order valence-electron chi connectivity index (χ1n) is 6.26. The average Bonchev–Trinajstić information content (AvgIpc) is 2.42. The van der Waals surface area contributed by atoms with Gasteiger partial charge < -0.3 is 10.2 Å². The van der Waals surface area contributed by atoms with Crippen LogP contribution in [0.15, 0.2) is 36.4 Å². The molecule has 1 N–H and O–H groups in total. The third-order valence-electron chi connectivity index (χ3n) is 3.07. The molecule has 3 nitrogen and oxygen atoms in total. The van der Waals surface area contributed by atoms with Crippen molar-refractivity contribution in [3.63, 3.8) is 0 Å². The molecule has 0 bridgehead atoms. The smallest absolute Gasteiger partial charge is 0.0992 e. The van der Waals surface area contributed by atoms with E-state index in [0.717, 1.165) is 17.1 Å². The second kappa shape index (κ2) is 5.85. The molecule has 4 heteroatoms. The van der Waals surface area contributed by atoms with Crippen LogP contribution >= 0.6 is 11.6 Å². The Balaban J connectivity index is 2.31. The molecule has 0 unspecified atom stereocenters. The average molecular weight is 286 g/mol. The van der Waals surface area contributed by atoms with Crippen molar-refractivity contribution in [1.82, 2.24) is 0 Å². The van der Waals surface area contributed by atoms with E-state index in [0.29, 0.717) is 10.6 Å². The first-order valence-corrected chi connectivity index (χ1v) is 6.63. The van der Waals surface area contributed by atoms with Gasteiger partial charge in [-0.2, -0.15) is 5.26 Å². The summed E-state index contributed by atoms with van der Waals surface area (Å²) in [5.41, 5.74) is 4.68. The lowest BCUT2D eigenvalue weighted by molar-refractivity contribution is 1.11. The minimum absolute atomic E-state index is 0.538. The highest BCUT2D eigenvalue weighted by molar-refractivity contribution is 6.33. The van der Waals surface area contributed by atoms with Crippen LogP contribution in [-0.4, -0.2) is 14.1 Å². The van der Waals surface area contributed by atoms with Crippen molar-refractivity contribution in [3.8, 4) is 6.07 Å². The molecule has 0 atom stereocenters. The molecule has 0 spiro atoms. The van der Waals surface area contributed by atoms with Gasteiger partial charge in [-0.1, -0.05) is 17.7 Å². The van der Waals surface area contributed by atoms with Crippen molar-refractivity contribution in [2.75, 3.05) is 24.3 Å². The Labute approximate surface area is 124 Å². The maximum Gasteiger partial charge on any atom is 0.0992 e. The van der Waals surface area contributed by atoms with Crippen LogP contribution in [0.2, 0.25) is 5.02 Å². The van der Waals surface area contributed by atoms with Crippen LogP contribution in [0, 0.1) is 18.3 Å². The Bertz CT molecular complexity index is 672. The molecule has 0 aromatic heterocycles. The van der Waals surface area contributed by atoms with Crippen LogP contribution in [0.4, 0.5) is 17.1 Å². The highest BCUT2D eigenvalue weighted by atomic mass is 35.5. The highest BCUT2D eigenvalue weighted by Crippen LogP contribution is 2.29. The fourth-order valence-electron chi connectivity index (χ4n) is 2.01. The molecular weight excluding hydrogens is 270 g/mol. The molecule has 2 aromatic carbocycles. The van der Waals surface area contributed by atoms with E-state index in [9.17, 15) is 0 Å². The number of benzene rings is 2. The highest BCUT2D eigenvalue weighted by Gasteiger charge is 2.05. The molecule has 2 rings (SSSR count). The zero-order chi connectivity index (χ0) is 14.7. The third kappa shape index (κ3) is 3.04. The minimum atomic E-state index is 0.538. The quantitative estimate of drug-likeness (QED) is 0.912. The van der Waals surface area contributed by atoms with Crippen LogP contribution < -0.4 is 10.2 Å². The van der Waals surface area contributed by atoms with Crippen molar-refractivity contribution in [3.05, 3.63) is 52.5 Å². The van der Waals surface area contributed by atoms with Crippen LogP contribution in [-0.2, 0) is 0 Å². The van der Waals surface area contributed by atoms with E-state index in [1.807, 2.05) is 26.2 Å². The molecular formula is C16H16ClN3. The number of hydrogen-bond donors (Lipinski definition) is 1. The molecule has 20 heavy (non-hydrogen) atoms. The Morgan fingerprint density at radius 1 is 1.15 bits per heavy atom. The van der Waals surface area contributed by atoms with E-state index < -0.39 is 0 Å². The van der Waals surface area contributed by atoms with E-state index in [1.54, 1.807) is 12.1 Å². The fourth-order valence-corrected chi connectivity index (χ4v) is 2.24. The lowest BCUT2D eigenvalue weighted by Crippen LogP contribution is -2.10. The van der Waals surface area contributed by atoms with Crippen LogP contribution in [0.3, 0.4) is 0 Å². The largest absolute Gasteiger partial charge is 0.377 e. The van der Waals surface area contributed by atoms with Gasteiger partial charge >= 0.3 is 0 Å². The maximum absolute atomic E-state index is 8.84. The normalized spacial score (nSPS) is 9.95. The molecule has 102 valence electrons. The standard InChI is InChI=1S/C16H16ClN3/c1-11-4-6-13(9-16(11)20(2)3)19-15-7-5-12(10-18)8-14(15)17/h4-9,19H,1-3H3. The monoisotopic (exact) mass is 285 g/mol. The summed E-state index contributed by atoms with van der Waals surface area (Å²) in [6.07, 6.45) is 0. The SMILES string of the molecule is Cc1ccc(Nc2ccc(C#N)cc2Cl)cc1N(C)C. The van der Waals surface area contributed by atoms with Crippen molar-refractivity contribution < 1.29 is 0 Å². The van der Waals surface area contributed by atoms with Gasteiger partial charge in [0, 0.05) is 25.5 Å². The predicted molar refractivity (Wildman–Crippen MR) is 85.0 cm³/mol. The van der Waals surface area contributed by atoms with Gasteiger partial charge in [-0.3, -0.25) is 0 Å². The molecule has 0 amide bonds. The predicted octanol–water partition coefficient (Wildman–Crippen LogP) is 4.33. The molecule has 2 aromatic rings. The summed E-state index contributed by atoms with van der Waals surface area (Å²) in [5.74, 6) is 0. The summed E-state index contributed by atoms with van der Waals surface area (Å²) in [7, 11) is 4.03. The summed E-state index contributed by atoms with van der Waals surface area (Å²) < 4.78 is 0. The van der Waals surface area contributed by atoms with E-state index in [2.05, 4.69) is 35.3 Å². The van der Waals surface area contributed by atoms with E-state index in [-0.39, 0.29) is 0 Å². The summed E-state index contributed by atoms with van der Waals surface area (Å²) in [5, 5.41) is 12.7. The zero-order valence-electron chi connectivity index (χ0n) is 11.7. The number of halogens is 1. The molecule has 0 aliphatic heterocycles. The van der Waals surface area contributed by atoms with Gasteiger partial charge in [0.15, 0.2) is 0 Å². The lowest BCUT2D eigenvalue weighted by atomic mass is 10.1. The van der Waals surface area contributed by atoms with Crippen LogP contribution in [0.5, 0.6) is 0 Å². The minimum Gasteiger partial charge on any atom is -0.377 e. The molecule has 0 aliphatic rings. The Morgan fingerprint density at radius 2 is 1.90 bits per heavy atom.